The summed E-state index contributed by atoms with van der Waals surface area (Å²) in [7, 11) is -1.80. The standard InChI is InChI=1S/C12H17ClN2O2S/c1-9-7-10(13)3-4-12(9)18(16,17)15(2)11-5-6-14-8-11/h3-4,7,11,14H,5-6,8H2,1-2H3/t11-/m0/s1. The van der Waals surface area contributed by atoms with Gasteiger partial charge in [0, 0.05) is 24.7 Å². The molecule has 0 spiro atoms. The summed E-state index contributed by atoms with van der Waals surface area (Å²) in [6, 6.07) is 4.90. The van der Waals surface area contributed by atoms with Crippen molar-refractivity contribution in [3.05, 3.63) is 28.8 Å². The van der Waals surface area contributed by atoms with E-state index in [0.29, 0.717) is 22.0 Å². The van der Waals surface area contributed by atoms with E-state index in [4.69, 9.17) is 11.6 Å². The molecule has 1 atom stereocenters. The minimum absolute atomic E-state index is 0.0325. The van der Waals surface area contributed by atoms with Gasteiger partial charge < -0.3 is 5.32 Å². The van der Waals surface area contributed by atoms with Crippen molar-refractivity contribution in [2.24, 2.45) is 0 Å². The first-order chi connectivity index (χ1) is 8.43. The smallest absolute Gasteiger partial charge is 0.243 e. The van der Waals surface area contributed by atoms with Gasteiger partial charge in [0.25, 0.3) is 0 Å². The molecule has 0 aliphatic carbocycles. The highest BCUT2D eigenvalue weighted by molar-refractivity contribution is 7.89. The van der Waals surface area contributed by atoms with E-state index in [1.54, 1.807) is 32.2 Å². The maximum absolute atomic E-state index is 12.5. The van der Waals surface area contributed by atoms with E-state index in [1.807, 2.05) is 0 Å². The van der Waals surface area contributed by atoms with Crippen LogP contribution in [0.1, 0.15) is 12.0 Å². The minimum Gasteiger partial charge on any atom is -0.315 e. The molecule has 1 saturated heterocycles. The van der Waals surface area contributed by atoms with Crippen LogP contribution in [0.2, 0.25) is 5.02 Å². The summed E-state index contributed by atoms with van der Waals surface area (Å²) >= 11 is 5.86. The predicted octanol–water partition coefficient (Wildman–Crippen LogP) is 1.63. The summed E-state index contributed by atoms with van der Waals surface area (Å²) in [5.74, 6) is 0. The Morgan fingerprint density at radius 2 is 2.17 bits per heavy atom. The second-order valence-electron chi connectivity index (χ2n) is 4.58. The molecule has 0 amide bonds. The largest absolute Gasteiger partial charge is 0.315 e. The van der Waals surface area contributed by atoms with Crippen LogP contribution in [0.4, 0.5) is 0 Å². The number of nitrogens with one attached hydrogen (secondary N) is 1. The lowest BCUT2D eigenvalue weighted by molar-refractivity contribution is 0.387. The van der Waals surface area contributed by atoms with E-state index in [2.05, 4.69) is 5.32 Å². The van der Waals surface area contributed by atoms with Gasteiger partial charge in [-0.2, -0.15) is 4.31 Å². The third-order valence-corrected chi connectivity index (χ3v) is 5.65. The highest BCUT2D eigenvalue weighted by atomic mass is 35.5. The molecular formula is C12H17ClN2O2S. The Hall–Kier alpha value is -0.620. The van der Waals surface area contributed by atoms with Crippen molar-refractivity contribution in [1.82, 2.24) is 9.62 Å². The van der Waals surface area contributed by atoms with Gasteiger partial charge in [0.2, 0.25) is 10.0 Å². The molecule has 1 aliphatic heterocycles. The Balaban J connectivity index is 2.35. The number of aryl methyl sites for hydroxylation is 1. The second kappa shape index (κ2) is 5.17. The Bertz CT molecular complexity index is 539. The van der Waals surface area contributed by atoms with Gasteiger partial charge >= 0.3 is 0 Å². The fourth-order valence-corrected chi connectivity index (χ4v) is 4.02. The molecule has 0 aromatic heterocycles. The number of hydrogen-bond acceptors (Lipinski definition) is 3. The molecule has 6 heteroatoms. The highest BCUT2D eigenvalue weighted by Crippen LogP contribution is 2.24. The lowest BCUT2D eigenvalue weighted by Gasteiger charge is -2.24. The molecule has 1 aromatic rings. The maximum atomic E-state index is 12.5. The van der Waals surface area contributed by atoms with Gasteiger partial charge in [-0.05, 0) is 43.7 Å². The SMILES string of the molecule is Cc1cc(Cl)ccc1S(=O)(=O)N(C)[C@H]1CCNC1. The first kappa shape index (κ1) is 13.8. The molecule has 1 fully saturated rings. The molecule has 2 rings (SSSR count). The van der Waals surface area contributed by atoms with E-state index >= 15 is 0 Å². The van der Waals surface area contributed by atoms with Gasteiger partial charge in [0.15, 0.2) is 0 Å². The molecule has 18 heavy (non-hydrogen) atoms. The summed E-state index contributed by atoms with van der Waals surface area (Å²) in [5.41, 5.74) is 0.681. The summed E-state index contributed by atoms with van der Waals surface area (Å²) < 4.78 is 26.5. The van der Waals surface area contributed by atoms with Crippen LogP contribution in [0.3, 0.4) is 0 Å². The van der Waals surface area contributed by atoms with E-state index in [1.165, 1.54) is 4.31 Å². The minimum atomic E-state index is -3.44. The van der Waals surface area contributed by atoms with E-state index in [0.717, 1.165) is 13.0 Å². The van der Waals surface area contributed by atoms with Crippen molar-refractivity contribution in [2.75, 3.05) is 20.1 Å². The van der Waals surface area contributed by atoms with Gasteiger partial charge in [0.1, 0.15) is 0 Å². The van der Waals surface area contributed by atoms with Crippen LogP contribution in [0.5, 0.6) is 0 Å². The average molecular weight is 289 g/mol. The van der Waals surface area contributed by atoms with Crippen LogP contribution in [-0.2, 0) is 10.0 Å². The number of hydrogen-bond donors (Lipinski definition) is 1. The van der Waals surface area contributed by atoms with Crippen LogP contribution in [-0.4, -0.2) is 38.9 Å². The third kappa shape index (κ3) is 2.54. The number of sulfonamides is 1. The van der Waals surface area contributed by atoms with Gasteiger partial charge in [-0.3, -0.25) is 0 Å². The van der Waals surface area contributed by atoms with E-state index in [-0.39, 0.29) is 6.04 Å². The van der Waals surface area contributed by atoms with Crippen LogP contribution < -0.4 is 5.32 Å². The number of likely N-dealkylation sites (N-methyl/N-ethyl adjacent to an activating group) is 1. The molecule has 1 aromatic carbocycles. The van der Waals surface area contributed by atoms with E-state index in [9.17, 15) is 8.42 Å². The first-order valence-corrected chi connectivity index (χ1v) is 7.69. The molecule has 1 aliphatic rings. The number of halogens is 1. The summed E-state index contributed by atoms with van der Waals surface area (Å²) in [6.07, 6.45) is 0.850. The Morgan fingerprint density at radius 1 is 1.44 bits per heavy atom. The van der Waals surface area contributed by atoms with Crippen LogP contribution in [0, 0.1) is 6.92 Å². The van der Waals surface area contributed by atoms with Crippen molar-refractivity contribution in [1.29, 1.82) is 0 Å². The lowest BCUT2D eigenvalue weighted by atomic mass is 10.2. The Kier molecular flexibility index (Phi) is 3.96. The van der Waals surface area contributed by atoms with Crippen molar-refractivity contribution in [2.45, 2.75) is 24.3 Å². The molecule has 0 unspecified atom stereocenters. The zero-order chi connectivity index (χ0) is 13.3. The fraction of sp³-hybridized carbons (Fsp3) is 0.500. The van der Waals surface area contributed by atoms with Crippen molar-refractivity contribution < 1.29 is 8.42 Å². The molecule has 4 nitrogen and oxygen atoms in total. The predicted molar refractivity (Wildman–Crippen MR) is 72.4 cm³/mol. The monoisotopic (exact) mass is 288 g/mol. The highest BCUT2D eigenvalue weighted by Gasteiger charge is 2.30. The number of nitrogens with zero attached hydrogens (tertiary/aromatic N) is 1. The second-order valence-corrected chi connectivity index (χ2v) is 6.98. The number of benzene rings is 1. The summed E-state index contributed by atoms with van der Waals surface area (Å²) in [6.45, 7) is 3.34. The van der Waals surface area contributed by atoms with Gasteiger partial charge in [-0.25, -0.2) is 8.42 Å². The molecule has 0 bridgehead atoms. The van der Waals surface area contributed by atoms with Crippen LogP contribution >= 0.6 is 11.6 Å². The molecule has 100 valence electrons. The quantitative estimate of drug-likeness (QED) is 0.920. The van der Waals surface area contributed by atoms with Gasteiger partial charge in [-0.15, -0.1) is 0 Å². The summed E-state index contributed by atoms with van der Waals surface area (Å²) in [5, 5.41) is 3.73. The number of rotatable bonds is 3. The Morgan fingerprint density at radius 3 is 2.72 bits per heavy atom. The topological polar surface area (TPSA) is 49.4 Å². The first-order valence-electron chi connectivity index (χ1n) is 5.88. The third-order valence-electron chi connectivity index (χ3n) is 3.34. The zero-order valence-electron chi connectivity index (χ0n) is 10.5. The normalized spacial score (nSPS) is 20.6. The molecular weight excluding hydrogens is 272 g/mol. The maximum Gasteiger partial charge on any atom is 0.243 e. The lowest BCUT2D eigenvalue weighted by Crippen LogP contribution is -2.38. The molecule has 0 radical (unpaired) electrons. The van der Waals surface area contributed by atoms with Crippen LogP contribution in [0.25, 0.3) is 0 Å². The average Bonchev–Trinajstić information content (AvgIpc) is 2.80. The van der Waals surface area contributed by atoms with E-state index < -0.39 is 10.0 Å². The molecule has 0 saturated carbocycles. The fourth-order valence-electron chi connectivity index (χ4n) is 2.20. The zero-order valence-corrected chi connectivity index (χ0v) is 12.1. The van der Waals surface area contributed by atoms with Gasteiger partial charge in [0.05, 0.1) is 4.90 Å². The van der Waals surface area contributed by atoms with Crippen molar-refractivity contribution in [3.63, 3.8) is 0 Å². The molecule has 1 heterocycles. The van der Waals surface area contributed by atoms with Crippen LogP contribution in [0.15, 0.2) is 23.1 Å². The van der Waals surface area contributed by atoms with Crippen molar-refractivity contribution in [3.8, 4) is 0 Å². The molecule has 1 N–H and O–H groups in total. The van der Waals surface area contributed by atoms with Crippen molar-refractivity contribution >= 4 is 21.6 Å². The van der Waals surface area contributed by atoms with Gasteiger partial charge in [-0.1, -0.05) is 11.6 Å². The Labute approximate surface area is 113 Å². The summed E-state index contributed by atoms with van der Waals surface area (Å²) in [4.78, 5) is 0.335.